The van der Waals surface area contributed by atoms with Crippen LogP contribution in [0.15, 0.2) is 68.4 Å². The molecule has 13 heteroatoms. The van der Waals surface area contributed by atoms with Gasteiger partial charge in [-0.25, -0.2) is 4.79 Å². The highest BCUT2D eigenvalue weighted by molar-refractivity contribution is 9.11. The smallest absolute Gasteiger partial charge is 0.339 e. The third kappa shape index (κ3) is 7.96. The van der Waals surface area contributed by atoms with Gasteiger partial charge in [0.1, 0.15) is 18.9 Å². The topological polar surface area (TPSA) is 102 Å². The Kier molecular flexibility index (Phi) is 11.1. The van der Waals surface area contributed by atoms with Crippen LogP contribution in [-0.4, -0.2) is 41.1 Å². The minimum Gasteiger partial charge on any atom is -0.486 e. The molecule has 0 spiro atoms. The lowest BCUT2D eigenvalue weighted by Crippen LogP contribution is -2.36. The number of imide groups is 1. The van der Waals surface area contributed by atoms with Crippen molar-refractivity contribution >= 4 is 102 Å². The van der Waals surface area contributed by atoms with Crippen molar-refractivity contribution in [2.45, 2.75) is 20.0 Å². The van der Waals surface area contributed by atoms with Crippen LogP contribution in [0.4, 0.5) is 10.5 Å². The van der Waals surface area contributed by atoms with Crippen LogP contribution in [0.2, 0.25) is 10.0 Å². The van der Waals surface area contributed by atoms with Crippen LogP contribution in [0, 0.1) is 0 Å². The first-order chi connectivity index (χ1) is 20.1. The number of carbonyl (C=O) groups is 4. The molecule has 0 atom stereocenters. The number of esters is 1. The molecule has 1 fully saturated rings. The molecule has 3 aromatic rings. The van der Waals surface area contributed by atoms with Crippen LogP contribution in [-0.2, 0) is 20.9 Å². The average Bonchev–Trinajstić information content (AvgIpc) is 3.20. The van der Waals surface area contributed by atoms with E-state index < -0.39 is 29.6 Å². The molecule has 3 amide bonds. The Morgan fingerprint density at radius 1 is 1.02 bits per heavy atom. The van der Waals surface area contributed by atoms with Gasteiger partial charge in [0.2, 0.25) is 5.91 Å². The first-order valence-corrected chi connectivity index (χ1v) is 15.6. The van der Waals surface area contributed by atoms with E-state index in [1.54, 1.807) is 24.3 Å². The number of anilines is 1. The van der Waals surface area contributed by atoms with E-state index in [4.69, 9.17) is 32.7 Å². The van der Waals surface area contributed by atoms with Crippen molar-refractivity contribution in [2.75, 3.05) is 18.5 Å². The monoisotopic (exact) mass is 754 g/mol. The van der Waals surface area contributed by atoms with Crippen molar-refractivity contribution in [2.24, 2.45) is 0 Å². The van der Waals surface area contributed by atoms with E-state index in [0.29, 0.717) is 31.7 Å². The summed E-state index contributed by atoms with van der Waals surface area (Å²) < 4.78 is 12.3. The third-order valence-electron chi connectivity index (χ3n) is 5.73. The van der Waals surface area contributed by atoms with E-state index >= 15 is 0 Å². The second-order valence-corrected chi connectivity index (χ2v) is 12.4. The second-order valence-electron chi connectivity index (χ2n) is 8.84. The van der Waals surface area contributed by atoms with E-state index in [1.165, 1.54) is 18.2 Å². The summed E-state index contributed by atoms with van der Waals surface area (Å²) in [6.45, 7) is 1.83. The van der Waals surface area contributed by atoms with E-state index in [1.807, 2.05) is 25.1 Å². The molecule has 1 saturated heterocycles. The van der Waals surface area contributed by atoms with Gasteiger partial charge in [0.15, 0.2) is 0 Å². The Morgan fingerprint density at radius 3 is 2.43 bits per heavy atom. The van der Waals surface area contributed by atoms with Crippen LogP contribution in [0.1, 0.15) is 34.8 Å². The Morgan fingerprint density at radius 2 is 1.74 bits per heavy atom. The van der Waals surface area contributed by atoms with E-state index in [2.05, 4.69) is 37.2 Å². The summed E-state index contributed by atoms with van der Waals surface area (Å²) in [4.78, 5) is 51.6. The van der Waals surface area contributed by atoms with Gasteiger partial charge in [-0.3, -0.25) is 19.3 Å². The molecule has 42 heavy (non-hydrogen) atoms. The lowest BCUT2D eigenvalue weighted by molar-refractivity contribution is -0.127. The SMILES string of the molecule is CCCOC(=O)c1cc(NC(=O)CN2C(=O)S/C(=C/c3cc(Br)c(OCc4ccccc4Cl)c(Br)c3)C2=O)ccc1Cl. The largest absolute Gasteiger partial charge is 0.486 e. The molecule has 0 radical (unpaired) electrons. The normalized spacial score (nSPS) is 13.9. The van der Waals surface area contributed by atoms with E-state index in [-0.39, 0.29) is 34.4 Å². The summed E-state index contributed by atoms with van der Waals surface area (Å²) in [7, 11) is 0. The molecule has 0 unspecified atom stereocenters. The number of amides is 3. The van der Waals surface area contributed by atoms with E-state index in [0.717, 1.165) is 22.2 Å². The highest BCUT2D eigenvalue weighted by Crippen LogP contribution is 2.38. The summed E-state index contributed by atoms with van der Waals surface area (Å²) in [5.74, 6) is -1.31. The number of hydrogen-bond donors (Lipinski definition) is 1. The highest BCUT2D eigenvalue weighted by Gasteiger charge is 2.36. The summed E-state index contributed by atoms with van der Waals surface area (Å²) >= 11 is 20.0. The Bertz CT molecular complexity index is 1580. The number of hydrogen-bond acceptors (Lipinski definition) is 7. The van der Waals surface area contributed by atoms with Gasteiger partial charge in [-0.05, 0) is 98.1 Å². The number of nitrogens with one attached hydrogen (secondary N) is 1. The average molecular weight is 757 g/mol. The van der Waals surface area contributed by atoms with Crippen LogP contribution in [0.25, 0.3) is 6.08 Å². The maximum atomic E-state index is 13.0. The fourth-order valence-corrected chi connectivity index (χ4v) is 6.40. The van der Waals surface area contributed by atoms with Crippen LogP contribution in [0.3, 0.4) is 0 Å². The zero-order valence-electron chi connectivity index (χ0n) is 21.9. The van der Waals surface area contributed by atoms with Gasteiger partial charge in [-0.1, -0.05) is 48.3 Å². The maximum absolute atomic E-state index is 13.0. The molecule has 0 aliphatic carbocycles. The minimum absolute atomic E-state index is 0.0922. The predicted molar refractivity (Wildman–Crippen MR) is 171 cm³/mol. The van der Waals surface area contributed by atoms with Crippen molar-refractivity contribution in [3.8, 4) is 5.75 Å². The van der Waals surface area contributed by atoms with Gasteiger partial charge in [0.25, 0.3) is 11.1 Å². The summed E-state index contributed by atoms with van der Waals surface area (Å²) in [6, 6.07) is 15.2. The molecule has 0 saturated carbocycles. The fraction of sp³-hybridized carbons (Fsp3) is 0.172. The van der Waals surface area contributed by atoms with Gasteiger partial charge < -0.3 is 14.8 Å². The number of halogens is 4. The standard InChI is InChI=1S/C29H22Br2Cl2N2O6S/c1-2-9-40-28(38)19-13-18(7-8-23(19)33)34-25(36)14-35-27(37)24(42-29(35)39)12-16-10-20(30)26(21(31)11-16)41-15-17-5-3-4-6-22(17)32/h3-8,10-13H,2,9,14-15H2,1H3,(H,34,36)/b24-12+. The third-order valence-corrected chi connectivity index (χ3v) is 8.51. The summed E-state index contributed by atoms with van der Waals surface area (Å²) in [6.07, 6.45) is 2.20. The van der Waals surface area contributed by atoms with Gasteiger partial charge in [-0.2, -0.15) is 0 Å². The fourth-order valence-electron chi connectivity index (χ4n) is 3.73. The molecule has 0 bridgehead atoms. The van der Waals surface area contributed by atoms with Gasteiger partial charge in [0.05, 0.1) is 31.0 Å². The zero-order valence-corrected chi connectivity index (χ0v) is 27.4. The lowest BCUT2D eigenvalue weighted by atomic mass is 10.2. The molecule has 4 rings (SSSR count). The first-order valence-electron chi connectivity index (χ1n) is 12.4. The number of rotatable bonds is 10. The molecule has 3 aromatic carbocycles. The van der Waals surface area contributed by atoms with Gasteiger partial charge in [0, 0.05) is 16.3 Å². The Hall–Kier alpha value is -2.83. The Labute approximate surface area is 273 Å². The molecule has 218 valence electrons. The van der Waals surface area contributed by atoms with Crippen molar-refractivity contribution in [3.05, 3.63) is 95.2 Å². The second kappa shape index (κ2) is 14.6. The van der Waals surface area contributed by atoms with Crippen molar-refractivity contribution in [3.63, 3.8) is 0 Å². The molecule has 8 nitrogen and oxygen atoms in total. The number of nitrogens with zero attached hydrogens (tertiary/aromatic N) is 1. The highest BCUT2D eigenvalue weighted by atomic mass is 79.9. The summed E-state index contributed by atoms with van der Waals surface area (Å²) in [5.41, 5.74) is 1.81. The van der Waals surface area contributed by atoms with Crippen LogP contribution >= 0.6 is 66.8 Å². The molecule has 0 aromatic heterocycles. The van der Waals surface area contributed by atoms with Gasteiger partial charge >= 0.3 is 5.97 Å². The lowest BCUT2D eigenvalue weighted by Gasteiger charge is -2.13. The van der Waals surface area contributed by atoms with Crippen LogP contribution in [0.5, 0.6) is 5.75 Å². The molecule has 1 aliphatic heterocycles. The minimum atomic E-state index is -0.626. The number of thioether (sulfide) groups is 1. The molecule has 1 N–H and O–H groups in total. The van der Waals surface area contributed by atoms with E-state index in [9.17, 15) is 19.2 Å². The molecular formula is C29H22Br2Cl2N2O6S. The molecule has 1 heterocycles. The van der Waals surface area contributed by atoms with Crippen molar-refractivity contribution in [1.82, 2.24) is 4.90 Å². The zero-order chi connectivity index (χ0) is 30.4. The number of ether oxygens (including phenoxy) is 2. The maximum Gasteiger partial charge on any atom is 0.339 e. The molecule has 1 aliphatic rings. The quantitative estimate of drug-likeness (QED) is 0.164. The Balaban J connectivity index is 1.42. The predicted octanol–water partition coefficient (Wildman–Crippen LogP) is 8.34. The first kappa shape index (κ1) is 32.1. The molecular weight excluding hydrogens is 735 g/mol. The summed E-state index contributed by atoms with van der Waals surface area (Å²) in [5, 5.41) is 2.77. The van der Waals surface area contributed by atoms with Crippen molar-refractivity contribution < 1.29 is 28.7 Å². The van der Waals surface area contributed by atoms with Gasteiger partial charge in [-0.15, -0.1) is 0 Å². The van der Waals surface area contributed by atoms with Crippen LogP contribution < -0.4 is 10.1 Å². The number of benzene rings is 3. The number of carbonyl (C=O) groups excluding carboxylic acids is 4. The van der Waals surface area contributed by atoms with Crippen molar-refractivity contribution in [1.29, 1.82) is 0 Å².